The first-order valence-corrected chi connectivity index (χ1v) is 9.73. The van der Waals surface area contributed by atoms with Crippen LogP contribution in [0.1, 0.15) is 16.0 Å². The lowest BCUT2D eigenvalue weighted by molar-refractivity contribution is -0.137. The number of aromatic nitrogens is 2. The van der Waals surface area contributed by atoms with Crippen molar-refractivity contribution in [3.05, 3.63) is 69.6 Å². The first-order valence-electron chi connectivity index (χ1n) is 7.77. The van der Waals surface area contributed by atoms with E-state index < -0.39 is 11.7 Å². The topological polar surface area (TPSA) is 61.6 Å². The zero-order chi connectivity index (χ0) is 21.0. The Hall–Kier alpha value is -2.61. The second kappa shape index (κ2) is 8.82. The molecule has 1 aromatic carbocycles. The number of rotatable bonds is 5. The van der Waals surface area contributed by atoms with E-state index in [-0.39, 0.29) is 26.5 Å². The van der Waals surface area contributed by atoms with E-state index in [0.717, 1.165) is 29.4 Å². The Morgan fingerprint density at radius 2 is 1.93 bits per heavy atom. The molecule has 2 heterocycles. The van der Waals surface area contributed by atoms with Gasteiger partial charge in [-0.25, -0.2) is 9.37 Å². The summed E-state index contributed by atoms with van der Waals surface area (Å²) in [6, 6.07) is 8.52. The van der Waals surface area contributed by atoms with Crippen LogP contribution in [0.15, 0.2) is 52.8 Å². The smallest absolute Gasteiger partial charge is 0.362 e. The second-order valence-electron chi connectivity index (χ2n) is 5.43. The lowest BCUT2D eigenvalue weighted by Gasteiger charge is -2.08. The van der Waals surface area contributed by atoms with E-state index >= 15 is 0 Å². The summed E-state index contributed by atoms with van der Waals surface area (Å²) in [4.78, 5) is 4.27. The summed E-state index contributed by atoms with van der Waals surface area (Å²) in [5, 5.41) is 12.6. The highest BCUT2D eigenvalue weighted by molar-refractivity contribution is 7.99. The fourth-order valence-corrected chi connectivity index (χ4v) is 4.03. The van der Waals surface area contributed by atoms with Crippen molar-refractivity contribution >= 4 is 46.7 Å². The van der Waals surface area contributed by atoms with Crippen LogP contribution < -0.4 is 5.32 Å². The number of benzene rings is 1. The Labute approximate surface area is 176 Å². The Bertz CT molecular complexity index is 1090. The molecule has 3 rings (SSSR count). The highest BCUT2D eigenvalue weighted by Gasteiger charge is 2.31. The summed E-state index contributed by atoms with van der Waals surface area (Å²) < 4.78 is 55.2. The normalized spacial score (nSPS) is 11.6. The molecule has 0 spiro atoms. The van der Waals surface area contributed by atoms with Crippen molar-refractivity contribution in [2.75, 3.05) is 5.32 Å². The molecule has 3 aromatic rings. The van der Waals surface area contributed by atoms with E-state index in [1.54, 1.807) is 24.4 Å². The molecule has 0 radical (unpaired) electrons. The van der Waals surface area contributed by atoms with Crippen molar-refractivity contribution in [3.63, 3.8) is 0 Å². The average Bonchev–Trinajstić information content (AvgIpc) is 3.05. The van der Waals surface area contributed by atoms with E-state index in [0.29, 0.717) is 16.8 Å². The van der Waals surface area contributed by atoms with E-state index in [4.69, 9.17) is 11.6 Å². The summed E-state index contributed by atoms with van der Waals surface area (Å²) in [6.45, 7) is 0. The predicted molar refractivity (Wildman–Crippen MR) is 104 cm³/mol. The summed E-state index contributed by atoms with van der Waals surface area (Å²) in [5.74, 6) is -0.356. The second-order valence-corrected chi connectivity index (χ2v) is 7.62. The van der Waals surface area contributed by atoms with Crippen molar-refractivity contribution in [1.29, 1.82) is 5.26 Å². The number of hydrogen-bond acceptors (Lipinski definition) is 6. The molecular formula is C18H9ClF4N4S2. The van der Waals surface area contributed by atoms with Gasteiger partial charge in [0.25, 0.3) is 0 Å². The summed E-state index contributed by atoms with van der Waals surface area (Å²) in [6.07, 6.45) is -0.682. The standard InChI is InChI=1S/C18H9ClF4N4S2/c19-14-7-10(18(21,22)23)9-26-17(14)28-16-13(8-24)15(29-27-16)5-6-25-12-3-1-11(20)2-4-12/h1-7,9,25H/b6-5+. The zero-order valence-corrected chi connectivity index (χ0v) is 16.6. The monoisotopic (exact) mass is 456 g/mol. The van der Waals surface area contributed by atoms with Crippen molar-refractivity contribution in [1.82, 2.24) is 9.36 Å². The fourth-order valence-electron chi connectivity index (χ4n) is 2.08. The molecule has 0 saturated carbocycles. The third-order valence-corrected chi connectivity index (χ3v) is 5.79. The lowest BCUT2D eigenvalue weighted by Crippen LogP contribution is -2.05. The molecule has 0 bridgehead atoms. The van der Waals surface area contributed by atoms with E-state index in [9.17, 15) is 22.8 Å². The quantitative estimate of drug-likeness (QED) is 0.447. The third-order valence-electron chi connectivity index (χ3n) is 3.46. The van der Waals surface area contributed by atoms with Gasteiger partial charge < -0.3 is 5.32 Å². The lowest BCUT2D eigenvalue weighted by atomic mass is 10.3. The van der Waals surface area contributed by atoms with Gasteiger partial charge in [-0.2, -0.15) is 22.8 Å². The minimum atomic E-state index is -4.55. The van der Waals surface area contributed by atoms with Crippen LogP contribution in [0.3, 0.4) is 0 Å². The maximum Gasteiger partial charge on any atom is 0.417 e. The number of anilines is 1. The Morgan fingerprint density at radius 3 is 2.55 bits per heavy atom. The minimum absolute atomic E-state index is 0.112. The van der Waals surface area contributed by atoms with Gasteiger partial charge in [-0.05, 0) is 59.7 Å². The SMILES string of the molecule is N#Cc1c(Sc2ncc(C(F)(F)F)cc2Cl)nsc1/C=C/Nc1ccc(F)cc1. The Balaban J connectivity index is 1.77. The van der Waals surface area contributed by atoms with E-state index in [2.05, 4.69) is 14.7 Å². The van der Waals surface area contributed by atoms with Crippen LogP contribution in [-0.2, 0) is 6.18 Å². The van der Waals surface area contributed by atoms with Gasteiger partial charge in [-0.15, -0.1) is 0 Å². The Kier molecular flexibility index (Phi) is 6.42. The van der Waals surface area contributed by atoms with E-state index in [1.165, 1.54) is 12.1 Å². The minimum Gasteiger partial charge on any atom is -0.362 e. The van der Waals surface area contributed by atoms with Crippen LogP contribution in [0.4, 0.5) is 23.2 Å². The number of hydrogen-bond donors (Lipinski definition) is 1. The summed E-state index contributed by atoms with van der Waals surface area (Å²) >= 11 is 7.86. The van der Waals surface area contributed by atoms with Gasteiger partial charge in [-0.3, -0.25) is 0 Å². The zero-order valence-electron chi connectivity index (χ0n) is 14.2. The first-order chi connectivity index (χ1) is 13.8. The van der Waals surface area contributed by atoms with E-state index in [1.807, 2.05) is 6.07 Å². The number of halogens is 5. The molecule has 148 valence electrons. The number of nitrogens with one attached hydrogen (secondary N) is 1. The van der Waals surface area contributed by atoms with Gasteiger partial charge in [0.05, 0.1) is 15.5 Å². The van der Waals surface area contributed by atoms with Crippen LogP contribution in [0.25, 0.3) is 6.08 Å². The molecule has 0 aliphatic heterocycles. The molecule has 2 aromatic heterocycles. The van der Waals surface area contributed by atoms with Crippen molar-refractivity contribution < 1.29 is 17.6 Å². The molecule has 0 unspecified atom stereocenters. The molecule has 4 nitrogen and oxygen atoms in total. The van der Waals surface area contributed by atoms with Crippen LogP contribution in [0.5, 0.6) is 0 Å². The van der Waals surface area contributed by atoms with Gasteiger partial charge in [0.2, 0.25) is 0 Å². The molecule has 0 amide bonds. The summed E-state index contributed by atoms with van der Waals surface area (Å²) in [5.41, 5.74) is -0.0583. The largest absolute Gasteiger partial charge is 0.417 e. The van der Waals surface area contributed by atoms with Crippen LogP contribution in [0.2, 0.25) is 5.02 Å². The third kappa shape index (κ3) is 5.26. The van der Waals surface area contributed by atoms with Crippen LogP contribution in [-0.4, -0.2) is 9.36 Å². The molecule has 29 heavy (non-hydrogen) atoms. The molecule has 1 N–H and O–H groups in total. The van der Waals surface area contributed by atoms with Crippen LogP contribution >= 0.6 is 34.9 Å². The number of alkyl halides is 3. The summed E-state index contributed by atoms with van der Waals surface area (Å²) in [7, 11) is 0. The van der Waals surface area contributed by atoms with Crippen molar-refractivity contribution in [3.8, 4) is 6.07 Å². The van der Waals surface area contributed by atoms with Crippen molar-refractivity contribution in [2.45, 2.75) is 16.2 Å². The van der Waals surface area contributed by atoms with Gasteiger partial charge in [0, 0.05) is 18.1 Å². The van der Waals surface area contributed by atoms with Crippen LogP contribution in [0, 0.1) is 17.1 Å². The molecule has 0 saturated heterocycles. The molecule has 0 aliphatic rings. The van der Waals surface area contributed by atoms with Gasteiger partial charge >= 0.3 is 6.18 Å². The molecule has 0 atom stereocenters. The molecular weight excluding hydrogens is 448 g/mol. The predicted octanol–water partition coefficient (Wildman–Crippen LogP) is 6.46. The fraction of sp³-hybridized carbons (Fsp3) is 0.0556. The van der Waals surface area contributed by atoms with Gasteiger partial charge in [0.15, 0.2) is 0 Å². The highest BCUT2D eigenvalue weighted by Crippen LogP contribution is 2.38. The van der Waals surface area contributed by atoms with Gasteiger partial charge in [-0.1, -0.05) is 11.6 Å². The highest BCUT2D eigenvalue weighted by atomic mass is 35.5. The molecule has 11 heteroatoms. The van der Waals surface area contributed by atoms with Crippen molar-refractivity contribution in [2.24, 2.45) is 0 Å². The maximum atomic E-state index is 12.9. The number of nitriles is 1. The average molecular weight is 457 g/mol. The molecule has 0 aliphatic carbocycles. The first kappa shape index (κ1) is 21.1. The number of pyridine rings is 1. The maximum absolute atomic E-state index is 12.9. The number of nitrogens with zero attached hydrogens (tertiary/aromatic N) is 3. The molecule has 0 fully saturated rings. The Morgan fingerprint density at radius 1 is 1.21 bits per heavy atom. The van der Waals surface area contributed by atoms with Gasteiger partial charge in [0.1, 0.15) is 27.5 Å².